The van der Waals surface area contributed by atoms with Gasteiger partial charge in [0.05, 0.1) is 0 Å². The van der Waals surface area contributed by atoms with Crippen molar-refractivity contribution in [3.63, 3.8) is 0 Å². The van der Waals surface area contributed by atoms with Gasteiger partial charge in [-0.2, -0.15) is 11.8 Å². The summed E-state index contributed by atoms with van der Waals surface area (Å²) in [4.78, 5) is 6.60. The number of rotatable bonds is 3. The van der Waals surface area contributed by atoms with Crippen molar-refractivity contribution in [2.45, 2.75) is 25.1 Å². The summed E-state index contributed by atoms with van der Waals surface area (Å²) < 4.78 is 0. The Labute approximate surface area is 106 Å². The Balaban J connectivity index is 1.97. The van der Waals surface area contributed by atoms with Gasteiger partial charge in [-0.25, -0.2) is 4.98 Å². The quantitative estimate of drug-likeness (QED) is 0.774. The third kappa shape index (κ3) is 3.12. The molecule has 4 heteroatoms. The number of pyridine rings is 1. The predicted molar refractivity (Wildman–Crippen MR) is 71.1 cm³/mol. The van der Waals surface area contributed by atoms with Crippen molar-refractivity contribution in [3.8, 4) is 0 Å². The lowest BCUT2D eigenvalue weighted by molar-refractivity contribution is 0.273. The summed E-state index contributed by atoms with van der Waals surface area (Å²) in [5.41, 5.74) is 1.14. The molecule has 2 heterocycles. The lowest BCUT2D eigenvalue weighted by atomic mass is 10.2. The number of nitrogens with zero attached hydrogens (tertiary/aromatic N) is 2. The summed E-state index contributed by atoms with van der Waals surface area (Å²) in [6, 6.07) is 4.02. The van der Waals surface area contributed by atoms with Gasteiger partial charge in [-0.3, -0.25) is 4.90 Å². The summed E-state index contributed by atoms with van der Waals surface area (Å²) in [5.74, 6) is 1.23. The van der Waals surface area contributed by atoms with Crippen LogP contribution in [-0.4, -0.2) is 34.0 Å². The van der Waals surface area contributed by atoms with E-state index in [9.17, 15) is 0 Å². The fourth-order valence-electron chi connectivity index (χ4n) is 1.95. The second kappa shape index (κ2) is 5.89. The molecule has 1 atom stereocenters. The first-order valence-corrected chi connectivity index (χ1v) is 7.15. The second-order valence-electron chi connectivity index (χ2n) is 4.09. The highest BCUT2D eigenvalue weighted by atomic mass is 35.5. The molecular weight excluding hydrogens is 240 g/mol. The average Bonchev–Trinajstić information content (AvgIpc) is 2.32. The zero-order valence-corrected chi connectivity index (χ0v) is 11.1. The van der Waals surface area contributed by atoms with Crippen LogP contribution in [0.2, 0.25) is 5.15 Å². The molecule has 0 spiro atoms. The summed E-state index contributed by atoms with van der Waals surface area (Å²) in [6.45, 7) is 5.53. The number of halogens is 1. The fourth-order valence-corrected chi connectivity index (χ4v) is 3.38. The zero-order valence-electron chi connectivity index (χ0n) is 9.53. The summed E-state index contributed by atoms with van der Waals surface area (Å²) in [5, 5.41) is 1.43. The van der Waals surface area contributed by atoms with Crippen molar-refractivity contribution in [2.24, 2.45) is 0 Å². The van der Waals surface area contributed by atoms with Crippen LogP contribution in [0.4, 0.5) is 0 Å². The Bertz CT molecular complexity index is 346. The lowest BCUT2D eigenvalue weighted by Gasteiger charge is -2.31. The van der Waals surface area contributed by atoms with Crippen LogP contribution < -0.4 is 0 Å². The van der Waals surface area contributed by atoms with Crippen molar-refractivity contribution in [1.29, 1.82) is 0 Å². The molecule has 1 aromatic heterocycles. The monoisotopic (exact) mass is 256 g/mol. The van der Waals surface area contributed by atoms with Crippen molar-refractivity contribution in [3.05, 3.63) is 29.0 Å². The molecule has 0 amide bonds. The molecular formula is C12H17ClN2S. The van der Waals surface area contributed by atoms with E-state index >= 15 is 0 Å². The molecule has 0 aliphatic carbocycles. The Kier molecular flexibility index (Phi) is 4.50. The molecule has 88 valence electrons. The molecule has 0 bridgehead atoms. The van der Waals surface area contributed by atoms with E-state index in [0.29, 0.717) is 5.15 Å². The number of hydrogen-bond acceptors (Lipinski definition) is 3. The van der Waals surface area contributed by atoms with Crippen LogP contribution in [0, 0.1) is 0 Å². The van der Waals surface area contributed by atoms with Gasteiger partial charge < -0.3 is 0 Å². The van der Waals surface area contributed by atoms with Crippen molar-refractivity contribution in [2.75, 3.05) is 18.8 Å². The van der Waals surface area contributed by atoms with Gasteiger partial charge >= 0.3 is 0 Å². The normalized spacial score (nSPS) is 22.2. The van der Waals surface area contributed by atoms with E-state index in [4.69, 9.17) is 11.6 Å². The molecule has 1 unspecified atom stereocenters. The molecule has 0 radical (unpaired) electrons. The molecule has 1 aliphatic rings. The highest BCUT2D eigenvalue weighted by Crippen LogP contribution is 2.23. The van der Waals surface area contributed by atoms with Gasteiger partial charge in [-0.15, -0.1) is 0 Å². The van der Waals surface area contributed by atoms with Crippen LogP contribution in [0.15, 0.2) is 18.3 Å². The van der Waals surface area contributed by atoms with Crippen LogP contribution >= 0.6 is 23.4 Å². The lowest BCUT2D eigenvalue weighted by Crippen LogP contribution is -2.37. The summed E-state index contributed by atoms with van der Waals surface area (Å²) in [6.07, 6.45) is 2.99. The molecule has 1 aliphatic heterocycles. The third-order valence-corrected chi connectivity index (χ3v) is 4.62. The van der Waals surface area contributed by atoms with Crippen LogP contribution in [0.3, 0.4) is 0 Å². The topological polar surface area (TPSA) is 16.1 Å². The van der Waals surface area contributed by atoms with E-state index in [2.05, 4.69) is 34.6 Å². The van der Waals surface area contributed by atoms with Gasteiger partial charge in [0.25, 0.3) is 0 Å². The van der Waals surface area contributed by atoms with Crippen LogP contribution in [0.1, 0.15) is 18.9 Å². The molecule has 0 N–H and O–H groups in total. The van der Waals surface area contributed by atoms with Crippen LogP contribution in [0.25, 0.3) is 0 Å². The Hall–Kier alpha value is -0.250. The molecule has 1 aromatic rings. The number of aromatic nitrogens is 1. The molecule has 2 nitrogen and oxygen atoms in total. The van der Waals surface area contributed by atoms with Crippen molar-refractivity contribution < 1.29 is 0 Å². The predicted octanol–water partition coefficient (Wildman–Crippen LogP) is 3.06. The van der Waals surface area contributed by atoms with E-state index in [0.717, 1.165) is 23.9 Å². The maximum absolute atomic E-state index is 6.07. The highest BCUT2D eigenvalue weighted by Gasteiger charge is 2.19. The first-order valence-electron chi connectivity index (χ1n) is 5.73. The summed E-state index contributed by atoms with van der Waals surface area (Å²) >= 11 is 8.16. The van der Waals surface area contributed by atoms with E-state index in [1.165, 1.54) is 18.7 Å². The highest BCUT2D eigenvalue weighted by molar-refractivity contribution is 8.00. The van der Waals surface area contributed by atoms with E-state index in [1.54, 1.807) is 6.20 Å². The van der Waals surface area contributed by atoms with E-state index in [1.807, 2.05) is 6.07 Å². The number of hydrogen-bond donors (Lipinski definition) is 0. The molecule has 1 fully saturated rings. The van der Waals surface area contributed by atoms with Gasteiger partial charge in [-0.05, 0) is 12.5 Å². The third-order valence-electron chi connectivity index (χ3n) is 2.91. The van der Waals surface area contributed by atoms with Gasteiger partial charge in [0.1, 0.15) is 5.15 Å². The van der Waals surface area contributed by atoms with Gasteiger partial charge in [0.2, 0.25) is 0 Å². The maximum Gasteiger partial charge on any atom is 0.133 e. The van der Waals surface area contributed by atoms with Crippen LogP contribution in [-0.2, 0) is 6.54 Å². The van der Waals surface area contributed by atoms with E-state index in [-0.39, 0.29) is 0 Å². The molecule has 1 saturated heterocycles. The Morgan fingerprint density at radius 2 is 2.50 bits per heavy atom. The zero-order chi connectivity index (χ0) is 11.4. The average molecular weight is 257 g/mol. The summed E-state index contributed by atoms with van der Waals surface area (Å²) in [7, 11) is 0. The minimum absolute atomic E-state index is 0.647. The Morgan fingerprint density at radius 1 is 1.62 bits per heavy atom. The minimum atomic E-state index is 0.647. The smallest absolute Gasteiger partial charge is 0.133 e. The van der Waals surface area contributed by atoms with Crippen LogP contribution in [0.5, 0.6) is 0 Å². The molecule has 0 saturated carbocycles. The largest absolute Gasteiger partial charge is 0.297 e. The molecule has 16 heavy (non-hydrogen) atoms. The van der Waals surface area contributed by atoms with Gasteiger partial charge in [0.15, 0.2) is 0 Å². The van der Waals surface area contributed by atoms with Crippen molar-refractivity contribution >= 4 is 23.4 Å². The number of thioether (sulfide) groups is 1. The second-order valence-corrected chi connectivity index (χ2v) is 5.86. The minimum Gasteiger partial charge on any atom is -0.297 e. The van der Waals surface area contributed by atoms with Crippen molar-refractivity contribution in [1.82, 2.24) is 9.88 Å². The van der Waals surface area contributed by atoms with Gasteiger partial charge in [0, 0.05) is 42.4 Å². The first-order chi connectivity index (χ1) is 7.79. The van der Waals surface area contributed by atoms with E-state index < -0.39 is 0 Å². The first kappa shape index (κ1) is 12.2. The molecule has 0 aromatic carbocycles. The Morgan fingerprint density at radius 3 is 3.25 bits per heavy atom. The maximum atomic E-state index is 6.07. The van der Waals surface area contributed by atoms with Gasteiger partial charge in [-0.1, -0.05) is 24.6 Å². The standard InChI is InChI=1S/C12H17ClN2S/c1-2-11-9-15(6-7-16-11)8-10-4-3-5-14-12(10)13/h3-5,11H,2,6-9H2,1H3. The molecule has 2 rings (SSSR count). The fraction of sp³-hybridized carbons (Fsp3) is 0.583. The SMILES string of the molecule is CCC1CN(Cc2cccnc2Cl)CCS1.